The summed E-state index contributed by atoms with van der Waals surface area (Å²) in [6.07, 6.45) is 2.25. The standard InChI is InChI=1S/C18H19ClFNO4/c19-15-3-1-13(7-16(15)20)10-24-11-14-8-17(21-25-14)18(22)4-2-12-5-6-23-9-12/h1,3,7-8,12H,2,4-6,9-11H2. The van der Waals surface area contributed by atoms with Gasteiger partial charge >= 0.3 is 0 Å². The number of carbonyl (C=O) groups is 1. The molecular formula is C18H19ClFNO4. The van der Waals surface area contributed by atoms with Gasteiger partial charge in [-0.05, 0) is 36.5 Å². The normalized spacial score (nSPS) is 17.1. The lowest BCUT2D eigenvalue weighted by atomic mass is 10.00. The molecule has 0 bridgehead atoms. The maximum Gasteiger partial charge on any atom is 0.184 e. The topological polar surface area (TPSA) is 61.6 Å². The average molecular weight is 368 g/mol. The van der Waals surface area contributed by atoms with Crippen LogP contribution in [0.1, 0.15) is 41.1 Å². The molecular weight excluding hydrogens is 349 g/mol. The van der Waals surface area contributed by atoms with Crippen LogP contribution >= 0.6 is 11.6 Å². The lowest BCUT2D eigenvalue weighted by Crippen LogP contribution is -2.05. The summed E-state index contributed by atoms with van der Waals surface area (Å²) >= 11 is 5.63. The highest BCUT2D eigenvalue weighted by atomic mass is 35.5. The third-order valence-electron chi connectivity index (χ3n) is 4.15. The second-order valence-corrected chi connectivity index (χ2v) is 6.52. The number of halogens is 2. The quantitative estimate of drug-likeness (QED) is 0.655. The van der Waals surface area contributed by atoms with Crippen LogP contribution in [0.5, 0.6) is 0 Å². The van der Waals surface area contributed by atoms with Crippen LogP contribution in [0.4, 0.5) is 4.39 Å². The molecule has 2 aromatic rings. The van der Waals surface area contributed by atoms with Gasteiger partial charge in [-0.2, -0.15) is 0 Å². The number of carbonyl (C=O) groups excluding carboxylic acids is 1. The first-order valence-corrected chi connectivity index (χ1v) is 8.58. The van der Waals surface area contributed by atoms with E-state index < -0.39 is 5.82 Å². The van der Waals surface area contributed by atoms with E-state index in [2.05, 4.69) is 5.16 Å². The number of ether oxygens (including phenoxy) is 2. The monoisotopic (exact) mass is 367 g/mol. The van der Waals surface area contributed by atoms with Gasteiger partial charge < -0.3 is 14.0 Å². The van der Waals surface area contributed by atoms with Gasteiger partial charge in [0.15, 0.2) is 11.5 Å². The summed E-state index contributed by atoms with van der Waals surface area (Å²) in [5.41, 5.74) is 0.978. The fourth-order valence-corrected chi connectivity index (χ4v) is 2.80. The number of Topliss-reactive ketones (excluding diaryl/α,β-unsaturated/α-hetero) is 1. The van der Waals surface area contributed by atoms with Crippen LogP contribution in [-0.2, 0) is 22.7 Å². The summed E-state index contributed by atoms with van der Waals surface area (Å²) in [6, 6.07) is 6.09. The van der Waals surface area contributed by atoms with Crippen molar-refractivity contribution in [2.24, 2.45) is 5.92 Å². The van der Waals surface area contributed by atoms with Gasteiger partial charge in [0, 0.05) is 25.7 Å². The average Bonchev–Trinajstić information content (AvgIpc) is 3.28. The molecule has 134 valence electrons. The summed E-state index contributed by atoms with van der Waals surface area (Å²) in [6.45, 7) is 1.87. The fourth-order valence-electron chi connectivity index (χ4n) is 2.69. The van der Waals surface area contributed by atoms with Gasteiger partial charge in [0.2, 0.25) is 0 Å². The van der Waals surface area contributed by atoms with Gasteiger partial charge in [0.25, 0.3) is 0 Å². The van der Waals surface area contributed by atoms with E-state index in [0.29, 0.717) is 29.4 Å². The maximum atomic E-state index is 13.3. The maximum absolute atomic E-state index is 13.3. The van der Waals surface area contributed by atoms with Crippen LogP contribution in [-0.4, -0.2) is 24.2 Å². The van der Waals surface area contributed by atoms with Crippen molar-refractivity contribution in [1.82, 2.24) is 5.16 Å². The number of rotatable bonds is 8. The molecule has 1 aromatic carbocycles. The van der Waals surface area contributed by atoms with E-state index in [1.165, 1.54) is 12.1 Å². The van der Waals surface area contributed by atoms with Crippen LogP contribution in [0.15, 0.2) is 28.8 Å². The second kappa shape index (κ2) is 8.56. The Morgan fingerprint density at radius 3 is 3.00 bits per heavy atom. The molecule has 0 aliphatic carbocycles. The van der Waals surface area contributed by atoms with Gasteiger partial charge in [0.05, 0.1) is 11.6 Å². The molecule has 0 saturated carbocycles. The Labute approximate surface area is 150 Å². The van der Waals surface area contributed by atoms with E-state index in [1.54, 1.807) is 12.1 Å². The van der Waals surface area contributed by atoms with Crippen molar-refractivity contribution in [3.05, 3.63) is 52.1 Å². The molecule has 1 aliphatic rings. The van der Waals surface area contributed by atoms with E-state index in [1.807, 2.05) is 0 Å². The molecule has 1 aliphatic heterocycles. The van der Waals surface area contributed by atoms with Gasteiger partial charge in [-0.15, -0.1) is 0 Å². The molecule has 0 N–H and O–H groups in total. The SMILES string of the molecule is O=C(CCC1CCOC1)c1cc(COCc2ccc(Cl)c(F)c2)on1. The molecule has 5 nitrogen and oxygen atoms in total. The Kier molecular flexibility index (Phi) is 6.18. The first-order valence-electron chi connectivity index (χ1n) is 8.20. The first-order chi connectivity index (χ1) is 12.1. The molecule has 1 atom stereocenters. The Morgan fingerprint density at radius 1 is 1.36 bits per heavy atom. The number of ketones is 1. The molecule has 1 aromatic heterocycles. The number of nitrogens with zero attached hydrogens (tertiary/aromatic N) is 1. The summed E-state index contributed by atoms with van der Waals surface area (Å²) in [5.74, 6) is 0.394. The highest BCUT2D eigenvalue weighted by Gasteiger charge is 2.19. The van der Waals surface area contributed by atoms with Crippen molar-refractivity contribution < 1.29 is 23.2 Å². The van der Waals surface area contributed by atoms with Crippen LogP contribution < -0.4 is 0 Å². The summed E-state index contributed by atoms with van der Waals surface area (Å²) in [7, 11) is 0. The zero-order chi connectivity index (χ0) is 17.6. The Morgan fingerprint density at radius 2 is 2.24 bits per heavy atom. The first kappa shape index (κ1) is 18.0. The van der Waals surface area contributed by atoms with Crippen molar-refractivity contribution in [3.8, 4) is 0 Å². The summed E-state index contributed by atoms with van der Waals surface area (Å²) in [5, 5.41) is 3.87. The number of aromatic nitrogens is 1. The largest absolute Gasteiger partial charge is 0.381 e. The van der Waals surface area contributed by atoms with Gasteiger partial charge in [-0.25, -0.2) is 4.39 Å². The molecule has 1 fully saturated rings. The molecule has 0 radical (unpaired) electrons. The van der Waals surface area contributed by atoms with Crippen molar-refractivity contribution in [2.45, 2.75) is 32.5 Å². The molecule has 3 rings (SSSR count). The minimum absolute atomic E-state index is 0.0401. The summed E-state index contributed by atoms with van der Waals surface area (Å²) in [4.78, 5) is 12.1. The van der Waals surface area contributed by atoms with E-state index in [0.717, 1.165) is 26.1 Å². The molecule has 1 unspecified atom stereocenters. The van der Waals surface area contributed by atoms with E-state index in [-0.39, 0.29) is 24.0 Å². The third-order valence-corrected chi connectivity index (χ3v) is 4.45. The van der Waals surface area contributed by atoms with Crippen molar-refractivity contribution in [3.63, 3.8) is 0 Å². The van der Waals surface area contributed by atoms with Crippen molar-refractivity contribution >= 4 is 17.4 Å². The summed E-state index contributed by atoms with van der Waals surface area (Å²) < 4.78 is 29.2. The van der Waals surface area contributed by atoms with Gasteiger partial charge in [-0.3, -0.25) is 4.79 Å². The molecule has 1 saturated heterocycles. The predicted octanol–water partition coefficient (Wildman–Crippen LogP) is 4.18. The molecule has 2 heterocycles. The third kappa shape index (κ3) is 5.11. The molecule has 25 heavy (non-hydrogen) atoms. The van der Waals surface area contributed by atoms with E-state index in [4.69, 9.17) is 25.6 Å². The lowest BCUT2D eigenvalue weighted by molar-refractivity contribution is 0.0877. The molecule has 0 amide bonds. The molecule has 7 heteroatoms. The minimum Gasteiger partial charge on any atom is -0.381 e. The molecule has 0 spiro atoms. The number of benzene rings is 1. The Bertz CT molecular complexity index is 728. The van der Waals surface area contributed by atoms with Gasteiger partial charge in [0.1, 0.15) is 18.1 Å². The highest BCUT2D eigenvalue weighted by Crippen LogP contribution is 2.20. The van der Waals surface area contributed by atoms with E-state index in [9.17, 15) is 9.18 Å². The Hall–Kier alpha value is -1.76. The highest BCUT2D eigenvalue weighted by molar-refractivity contribution is 6.30. The predicted molar refractivity (Wildman–Crippen MR) is 88.9 cm³/mol. The minimum atomic E-state index is -0.483. The van der Waals surface area contributed by atoms with Crippen molar-refractivity contribution in [2.75, 3.05) is 13.2 Å². The Balaban J connectivity index is 1.44. The van der Waals surface area contributed by atoms with Crippen molar-refractivity contribution in [1.29, 1.82) is 0 Å². The van der Waals surface area contributed by atoms with Crippen LogP contribution in [0.3, 0.4) is 0 Å². The zero-order valence-electron chi connectivity index (χ0n) is 13.7. The number of hydrogen-bond donors (Lipinski definition) is 0. The van der Waals surface area contributed by atoms with Crippen LogP contribution in [0.2, 0.25) is 5.02 Å². The second-order valence-electron chi connectivity index (χ2n) is 6.11. The van der Waals surface area contributed by atoms with Crippen LogP contribution in [0.25, 0.3) is 0 Å². The number of hydrogen-bond acceptors (Lipinski definition) is 5. The fraction of sp³-hybridized carbons (Fsp3) is 0.444. The lowest BCUT2D eigenvalue weighted by Gasteiger charge is -2.04. The van der Waals surface area contributed by atoms with Gasteiger partial charge in [-0.1, -0.05) is 22.8 Å². The van der Waals surface area contributed by atoms with E-state index >= 15 is 0 Å². The van der Waals surface area contributed by atoms with Crippen LogP contribution in [0, 0.1) is 11.7 Å². The zero-order valence-corrected chi connectivity index (χ0v) is 14.4. The smallest absolute Gasteiger partial charge is 0.184 e.